The number of hydrogen-bond donors (Lipinski definition) is 1. The zero-order chi connectivity index (χ0) is 15.0. The molecule has 0 fully saturated rings. The van der Waals surface area contributed by atoms with Crippen LogP contribution in [0.1, 0.15) is 26.3 Å². The largest absolute Gasteiger partial charge is 0.478 e. The van der Waals surface area contributed by atoms with E-state index in [2.05, 4.69) is 4.98 Å². The Hall–Kier alpha value is -2.76. The molecule has 21 heavy (non-hydrogen) atoms. The highest BCUT2D eigenvalue weighted by atomic mass is 19.1. The molecular weight excluding hydrogens is 275 g/mol. The zero-order valence-corrected chi connectivity index (χ0v) is 10.9. The molecule has 1 aromatic carbocycles. The summed E-state index contributed by atoms with van der Waals surface area (Å²) < 4.78 is 13.2. The summed E-state index contributed by atoms with van der Waals surface area (Å²) in [6, 6.07) is 5.80. The number of fused-ring (bicyclic) bond motifs is 1. The molecule has 0 saturated carbocycles. The van der Waals surface area contributed by atoms with E-state index in [1.54, 1.807) is 6.07 Å². The Morgan fingerprint density at radius 1 is 1.19 bits per heavy atom. The van der Waals surface area contributed by atoms with E-state index in [0.29, 0.717) is 18.7 Å². The number of rotatable bonds is 2. The van der Waals surface area contributed by atoms with Gasteiger partial charge in [-0.1, -0.05) is 6.07 Å². The topological polar surface area (TPSA) is 70.5 Å². The summed E-state index contributed by atoms with van der Waals surface area (Å²) in [7, 11) is 0. The van der Waals surface area contributed by atoms with Gasteiger partial charge < -0.3 is 10.0 Å². The molecule has 0 unspecified atom stereocenters. The third-order valence-corrected chi connectivity index (χ3v) is 3.42. The average Bonchev–Trinajstić information content (AvgIpc) is 2.89. The summed E-state index contributed by atoms with van der Waals surface area (Å²) in [4.78, 5) is 28.6. The van der Waals surface area contributed by atoms with Crippen molar-refractivity contribution < 1.29 is 19.1 Å². The molecule has 0 aliphatic carbocycles. The number of carbonyl (C=O) groups is 2. The van der Waals surface area contributed by atoms with Gasteiger partial charge in [-0.05, 0) is 30.2 Å². The van der Waals surface area contributed by atoms with Crippen molar-refractivity contribution in [1.29, 1.82) is 0 Å². The first-order valence-electron chi connectivity index (χ1n) is 6.35. The summed E-state index contributed by atoms with van der Waals surface area (Å²) >= 11 is 0. The number of carboxylic acids is 1. The fourth-order valence-corrected chi connectivity index (χ4v) is 2.41. The normalized spacial score (nSPS) is 13.1. The third kappa shape index (κ3) is 2.35. The lowest BCUT2D eigenvalue weighted by Gasteiger charge is -2.17. The maximum atomic E-state index is 13.2. The van der Waals surface area contributed by atoms with E-state index < -0.39 is 11.8 Å². The first-order valence-corrected chi connectivity index (χ1v) is 6.35. The molecule has 0 bridgehead atoms. The second-order valence-corrected chi connectivity index (χ2v) is 4.75. The molecule has 2 heterocycles. The molecule has 0 atom stereocenters. The van der Waals surface area contributed by atoms with Crippen molar-refractivity contribution >= 4 is 17.6 Å². The molecular formula is C15H11FN2O3. The quantitative estimate of drug-likeness (QED) is 0.918. The number of aromatic nitrogens is 1. The Labute approximate surface area is 119 Å². The summed E-state index contributed by atoms with van der Waals surface area (Å²) in [5, 5.41) is 9.03. The van der Waals surface area contributed by atoms with Gasteiger partial charge in [-0.25, -0.2) is 9.18 Å². The molecule has 1 N–H and O–H groups in total. The number of anilines is 1. The molecule has 2 aromatic rings. The van der Waals surface area contributed by atoms with Crippen LogP contribution >= 0.6 is 0 Å². The van der Waals surface area contributed by atoms with Gasteiger partial charge in [0, 0.05) is 18.4 Å². The van der Waals surface area contributed by atoms with Crippen LogP contribution in [0.3, 0.4) is 0 Å². The lowest BCUT2D eigenvalue weighted by atomic mass is 10.1. The first kappa shape index (κ1) is 13.2. The minimum atomic E-state index is -1.05. The second kappa shape index (κ2) is 4.97. The van der Waals surface area contributed by atoms with Crippen LogP contribution in [0.5, 0.6) is 0 Å². The van der Waals surface area contributed by atoms with Crippen molar-refractivity contribution in [3.05, 3.63) is 59.2 Å². The molecule has 106 valence electrons. The first-order chi connectivity index (χ1) is 10.1. The molecule has 1 aromatic heterocycles. The van der Waals surface area contributed by atoms with Crippen LogP contribution in [0, 0.1) is 5.82 Å². The van der Waals surface area contributed by atoms with Crippen molar-refractivity contribution in [3.8, 4) is 0 Å². The Bertz CT molecular complexity index is 745. The van der Waals surface area contributed by atoms with E-state index in [1.807, 2.05) is 0 Å². The Balaban J connectivity index is 1.98. The fourth-order valence-electron chi connectivity index (χ4n) is 2.41. The van der Waals surface area contributed by atoms with Gasteiger partial charge in [-0.15, -0.1) is 0 Å². The number of halogens is 1. The van der Waals surface area contributed by atoms with Crippen LogP contribution in [-0.4, -0.2) is 28.5 Å². The predicted octanol–water partition coefficient (Wildman–Crippen LogP) is 2.12. The van der Waals surface area contributed by atoms with Gasteiger partial charge in [-0.3, -0.25) is 9.78 Å². The van der Waals surface area contributed by atoms with Gasteiger partial charge in [0.1, 0.15) is 5.82 Å². The highest BCUT2D eigenvalue weighted by Crippen LogP contribution is 2.30. The summed E-state index contributed by atoms with van der Waals surface area (Å²) in [5.41, 5.74) is 1.72. The average molecular weight is 286 g/mol. The van der Waals surface area contributed by atoms with Crippen molar-refractivity contribution in [2.24, 2.45) is 0 Å². The molecule has 5 nitrogen and oxygen atoms in total. The van der Waals surface area contributed by atoms with Gasteiger partial charge in [-0.2, -0.15) is 0 Å². The van der Waals surface area contributed by atoms with Gasteiger partial charge in [0.2, 0.25) is 0 Å². The lowest BCUT2D eigenvalue weighted by molar-refractivity contribution is 0.0696. The zero-order valence-electron chi connectivity index (χ0n) is 10.9. The van der Waals surface area contributed by atoms with Crippen LogP contribution in [0.2, 0.25) is 0 Å². The van der Waals surface area contributed by atoms with Gasteiger partial charge >= 0.3 is 5.97 Å². The van der Waals surface area contributed by atoms with E-state index in [-0.39, 0.29) is 17.0 Å². The molecule has 1 aliphatic heterocycles. The van der Waals surface area contributed by atoms with Crippen molar-refractivity contribution in [3.63, 3.8) is 0 Å². The fraction of sp³-hybridized carbons (Fsp3) is 0.133. The Kier molecular flexibility index (Phi) is 3.13. The predicted molar refractivity (Wildman–Crippen MR) is 73.0 cm³/mol. The maximum Gasteiger partial charge on any atom is 0.335 e. The molecule has 6 heteroatoms. The number of carboxylic acid groups (broad SMARTS) is 1. The monoisotopic (exact) mass is 286 g/mol. The molecule has 0 radical (unpaired) electrons. The van der Waals surface area contributed by atoms with Crippen LogP contribution in [0.15, 0.2) is 36.7 Å². The molecule has 0 saturated heterocycles. The van der Waals surface area contributed by atoms with Gasteiger partial charge in [0.15, 0.2) is 0 Å². The Morgan fingerprint density at radius 3 is 2.71 bits per heavy atom. The minimum absolute atomic E-state index is 0.116. The SMILES string of the molecule is O=C(O)c1ccc2c(c1)N(C(=O)c1cncc(F)c1)CC2. The maximum absolute atomic E-state index is 13.2. The third-order valence-electron chi connectivity index (χ3n) is 3.42. The molecule has 1 aliphatic rings. The number of aromatic carboxylic acids is 1. The summed E-state index contributed by atoms with van der Waals surface area (Å²) in [6.07, 6.45) is 2.96. The number of pyridine rings is 1. The van der Waals surface area contributed by atoms with Crippen LogP contribution < -0.4 is 4.90 Å². The highest BCUT2D eigenvalue weighted by Gasteiger charge is 2.26. The van der Waals surface area contributed by atoms with Crippen molar-refractivity contribution in [1.82, 2.24) is 4.98 Å². The number of benzene rings is 1. The summed E-state index contributed by atoms with van der Waals surface area (Å²) in [5.74, 6) is -2.02. The number of carbonyl (C=O) groups excluding carboxylic acids is 1. The molecule has 1 amide bonds. The van der Waals surface area contributed by atoms with E-state index >= 15 is 0 Å². The second-order valence-electron chi connectivity index (χ2n) is 4.75. The van der Waals surface area contributed by atoms with Gasteiger partial charge in [0.05, 0.1) is 17.3 Å². The van der Waals surface area contributed by atoms with Gasteiger partial charge in [0.25, 0.3) is 5.91 Å². The van der Waals surface area contributed by atoms with Crippen molar-refractivity contribution in [2.75, 3.05) is 11.4 Å². The minimum Gasteiger partial charge on any atom is -0.478 e. The standard InChI is InChI=1S/C15H11FN2O3/c16-12-5-11(7-17-8-12)14(19)18-4-3-9-1-2-10(15(20)21)6-13(9)18/h1-2,5-8H,3-4H2,(H,20,21). The van der Waals surface area contributed by atoms with E-state index in [1.165, 1.54) is 23.2 Å². The van der Waals surface area contributed by atoms with E-state index in [4.69, 9.17) is 5.11 Å². The smallest absolute Gasteiger partial charge is 0.335 e. The van der Waals surface area contributed by atoms with Crippen LogP contribution in [0.25, 0.3) is 0 Å². The lowest BCUT2D eigenvalue weighted by Crippen LogP contribution is -2.29. The van der Waals surface area contributed by atoms with E-state index in [0.717, 1.165) is 17.8 Å². The van der Waals surface area contributed by atoms with E-state index in [9.17, 15) is 14.0 Å². The van der Waals surface area contributed by atoms with Crippen LogP contribution in [-0.2, 0) is 6.42 Å². The number of nitrogens with zero attached hydrogens (tertiary/aromatic N) is 2. The highest BCUT2D eigenvalue weighted by molar-refractivity contribution is 6.07. The number of amides is 1. The van der Waals surface area contributed by atoms with Crippen molar-refractivity contribution in [2.45, 2.75) is 6.42 Å². The summed E-state index contributed by atoms with van der Waals surface area (Å²) in [6.45, 7) is 0.438. The number of hydrogen-bond acceptors (Lipinski definition) is 3. The molecule has 3 rings (SSSR count). The van der Waals surface area contributed by atoms with Crippen LogP contribution in [0.4, 0.5) is 10.1 Å². The Morgan fingerprint density at radius 2 is 2.00 bits per heavy atom. The molecule has 0 spiro atoms.